The van der Waals surface area contributed by atoms with Crippen LogP contribution in [0.3, 0.4) is 0 Å². The van der Waals surface area contributed by atoms with Gasteiger partial charge in [0.25, 0.3) is 0 Å². The fourth-order valence-corrected chi connectivity index (χ4v) is 4.06. The van der Waals surface area contributed by atoms with Crippen LogP contribution in [0.1, 0.15) is 43.7 Å². The summed E-state index contributed by atoms with van der Waals surface area (Å²) in [5.74, 6) is 2.94. The van der Waals surface area contributed by atoms with Crippen molar-refractivity contribution in [2.45, 2.75) is 45.6 Å². The SMILES string of the molecule is CC1CCC2(CC1)Cc1cn(C)nc1NC2=NCc1ccncc1. The number of pyridine rings is 1. The molecule has 0 aromatic carbocycles. The van der Waals surface area contributed by atoms with Crippen LogP contribution in [0.25, 0.3) is 0 Å². The van der Waals surface area contributed by atoms with Crippen LogP contribution in [0.15, 0.2) is 35.7 Å². The molecule has 1 fully saturated rings. The molecule has 0 unspecified atom stereocenters. The maximum Gasteiger partial charge on any atom is 0.156 e. The first-order valence-corrected chi connectivity index (χ1v) is 8.88. The van der Waals surface area contributed by atoms with Crippen LogP contribution >= 0.6 is 0 Å². The average molecular weight is 323 g/mol. The Labute approximate surface area is 143 Å². The molecule has 3 heterocycles. The molecule has 1 aliphatic heterocycles. The average Bonchev–Trinajstić information content (AvgIpc) is 2.95. The molecule has 0 bridgehead atoms. The molecule has 1 saturated carbocycles. The molecule has 4 rings (SSSR count). The van der Waals surface area contributed by atoms with Crippen molar-refractivity contribution < 1.29 is 0 Å². The van der Waals surface area contributed by atoms with Crippen molar-refractivity contribution in [2.75, 3.05) is 5.32 Å². The second-order valence-electron chi connectivity index (χ2n) is 7.46. The summed E-state index contributed by atoms with van der Waals surface area (Å²) in [6.07, 6.45) is 11.9. The van der Waals surface area contributed by atoms with E-state index < -0.39 is 0 Å². The van der Waals surface area contributed by atoms with Gasteiger partial charge in [-0.05, 0) is 55.7 Å². The van der Waals surface area contributed by atoms with E-state index in [4.69, 9.17) is 4.99 Å². The highest BCUT2D eigenvalue weighted by Crippen LogP contribution is 2.46. The topological polar surface area (TPSA) is 55.1 Å². The highest BCUT2D eigenvalue weighted by atomic mass is 15.3. The number of nitrogens with one attached hydrogen (secondary N) is 1. The number of amidine groups is 1. The van der Waals surface area contributed by atoms with Crippen molar-refractivity contribution in [3.63, 3.8) is 0 Å². The maximum atomic E-state index is 4.99. The number of hydrogen-bond acceptors (Lipinski definition) is 3. The van der Waals surface area contributed by atoms with Gasteiger partial charge in [-0.2, -0.15) is 5.10 Å². The zero-order valence-corrected chi connectivity index (χ0v) is 14.5. The highest BCUT2D eigenvalue weighted by molar-refractivity contribution is 6.01. The third-order valence-electron chi connectivity index (χ3n) is 5.57. The van der Waals surface area contributed by atoms with E-state index in [-0.39, 0.29) is 5.41 Å². The summed E-state index contributed by atoms with van der Waals surface area (Å²) >= 11 is 0. The Balaban J connectivity index is 1.66. The molecule has 2 aromatic rings. The molecule has 1 N–H and O–H groups in total. The summed E-state index contributed by atoms with van der Waals surface area (Å²) in [6.45, 7) is 3.07. The molecule has 0 radical (unpaired) electrons. The Bertz CT molecular complexity index is 738. The smallest absolute Gasteiger partial charge is 0.156 e. The molecule has 24 heavy (non-hydrogen) atoms. The Morgan fingerprint density at radius 2 is 2.04 bits per heavy atom. The van der Waals surface area contributed by atoms with E-state index in [0.29, 0.717) is 6.54 Å². The predicted molar refractivity (Wildman–Crippen MR) is 96.0 cm³/mol. The van der Waals surface area contributed by atoms with Gasteiger partial charge in [0.2, 0.25) is 0 Å². The number of aliphatic imine (C=N–C) groups is 1. The minimum absolute atomic E-state index is 0.162. The second kappa shape index (κ2) is 6.04. The van der Waals surface area contributed by atoms with Crippen molar-refractivity contribution in [1.82, 2.24) is 14.8 Å². The number of hydrogen-bond donors (Lipinski definition) is 1. The van der Waals surface area contributed by atoms with Crippen molar-refractivity contribution in [2.24, 2.45) is 23.4 Å². The third kappa shape index (κ3) is 2.83. The molecule has 0 amide bonds. The molecule has 1 spiro atoms. The Hall–Kier alpha value is -2.17. The van der Waals surface area contributed by atoms with Gasteiger partial charge < -0.3 is 5.32 Å². The second-order valence-corrected chi connectivity index (χ2v) is 7.46. The number of rotatable bonds is 2. The number of nitrogens with zero attached hydrogens (tertiary/aromatic N) is 4. The molecule has 0 atom stereocenters. The standard InChI is InChI=1S/C19H25N5/c1-14-3-7-19(8-4-14)11-16-13-24(2)23-17(16)22-18(19)21-12-15-5-9-20-10-6-15/h5-6,9-10,13-14H,3-4,7-8,11-12H2,1-2H3,(H,21,22,23). The van der Waals surface area contributed by atoms with Gasteiger partial charge in [0.15, 0.2) is 5.82 Å². The Kier molecular flexibility index (Phi) is 3.87. The molecule has 126 valence electrons. The van der Waals surface area contributed by atoms with E-state index in [2.05, 4.69) is 28.5 Å². The van der Waals surface area contributed by atoms with Crippen LogP contribution < -0.4 is 5.32 Å². The van der Waals surface area contributed by atoms with Gasteiger partial charge in [0.1, 0.15) is 5.84 Å². The number of aromatic nitrogens is 3. The van der Waals surface area contributed by atoms with Crippen molar-refractivity contribution in [1.29, 1.82) is 0 Å². The molecule has 1 aliphatic carbocycles. The molecular weight excluding hydrogens is 298 g/mol. The first-order valence-electron chi connectivity index (χ1n) is 8.88. The highest BCUT2D eigenvalue weighted by Gasteiger charge is 2.43. The third-order valence-corrected chi connectivity index (χ3v) is 5.57. The lowest BCUT2D eigenvalue weighted by Crippen LogP contribution is -2.44. The van der Waals surface area contributed by atoms with E-state index in [1.54, 1.807) is 0 Å². The molecule has 5 heteroatoms. The fraction of sp³-hybridized carbons (Fsp3) is 0.526. The summed E-state index contributed by atoms with van der Waals surface area (Å²) in [5, 5.41) is 8.13. The van der Waals surface area contributed by atoms with E-state index in [9.17, 15) is 0 Å². The van der Waals surface area contributed by atoms with E-state index in [1.807, 2.05) is 36.3 Å². The van der Waals surface area contributed by atoms with Gasteiger partial charge in [-0.15, -0.1) is 0 Å². The van der Waals surface area contributed by atoms with Gasteiger partial charge in [0.05, 0.1) is 6.54 Å². The summed E-state index contributed by atoms with van der Waals surface area (Å²) < 4.78 is 1.91. The van der Waals surface area contributed by atoms with Crippen LogP contribution in [0, 0.1) is 11.3 Å². The maximum absolute atomic E-state index is 4.99. The van der Waals surface area contributed by atoms with E-state index in [1.165, 1.54) is 36.8 Å². The van der Waals surface area contributed by atoms with Gasteiger partial charge in [-0.1, -0.05) is 6.92 Å². The lowest BCUT2D eigenvalue weighted by atomic mass is 9.66. The van der Waals surface area contributed by atoms with E-state index >= 15 is 0 Å². The molecule has 2 aliphatic rings. The Morgan fingerprint density at radius 3 is 2.79 bits per heavy atom. The monoisotopic (exact) mass is 323 g/mol. The van der Waals surface area contributed by atoms with E-state index in [0.717, 1.165) is 24.0 Å². The van der Waals surface area contributed by atoms with Crippen LogP contribution in [0.5, 0.6) is 0 Å². The number of anilines is 1. The minimum atomic E-state index is 0.162. The number of fused-ring (bicyclic) bond motifs is 1. The van der Waals surface area contributed by atoms with Gasteiger partial charge >= 0.3 is 0 Å². The van der Waals surface area contributed by atoms with Crippen LogP contribution in [-0.2, 0) is 20.0 Å². The van der Waals surface area contributed by atoms with Gasteiger partial charge in [-0.25, -0.2) is 0 Å². The molecular formula is C19H25N5. The Morgan fingerprint density at radius 1 is 1.29 bits per heavy atom. The van der Waals surface area contributed by atoms with Crippen molar-refractivity contribution >= 4 is 11.7 Å². The zero-order valence-electron chi connectivity index (χ0n) is 14.5. The van der Waals surface area contributed by atoms with Crippen molar-refractivity contribution in [3.8, 4) is 0 Å². The quantitative estimate of drug-likeness (QED) is 0.919. The lowest BCUT2D eigenvalue weighted by molar-refractivity contribution is 0.229. The zero-order chi connectivity index (χ0) is 16.6. The van der Waals surface area contributed by atoms with Crippen LogP contribution in [0.2, 0.25) is 0 Å². The lowest BCUT2D eigenvalue weighted by Gasteiger charge is -2.43. The first-order chi connectivity index (χ1) is 11.6. The summed E-state index contributed by atoms with van der Waals surface area (Å²) in [5.41, 5.74) is 2.69. The molecule has 5 nitrogen and oxygen atoms in total. The number of aryl methyl sites for hydroxylation is 1. The van der Waals surface area contributed by atoms with Crippen LogP contribution in [-0.4, -0.2) is 20.6 Å². The predicted octanol–water partition coefficient (Wildman–Crippen LogP) is 3.58. The fourth-order valence-electron chi connectivity index (χ4n) is 4.06. The van der Waals surface area contributed by atoms with Crippen LogP contribution in [0.4, 0.5) is 5.82 Å². The summed E-state index contributed by atoms with van der Waals surface area (Å²) in [4.78, 5) is 9.08. The van der Waals surface area contributed by atoms with Gasteiger partial charge in [-0.3, -0.25) is 14.7 Å². The first kappa shape index (κ1) is 15.4. The normalized spacial score (nSPS) is 27.9. The summed E-state index contributed by atoms with van der Waals surface area (Å²) in [7, 11) is 1.99. The molecule has 0 saturated heterocycles. The molecule has 2 aromatic heterocycles. The van der Waals surface area contributed by atoms with Gasteiger partial charge in [0, 0.05) is 36.6 Å². The van der Waals surface area contributed by atoms with Crippen molar-refractivity contribution in [3.05, 3.63) is 41.9 Å². The minimum Gasteiger partial charge on any atom is -0.327 e. The summed E-state index contributed by atoms with van der Waals surface area (Å²) in [6, 6.07) is 4.07. The largest absolute Gasteiger partial charge is 0.327 e.